The maximum atomic E-state index is 13.1. The second-order valence-corrected chi connectivity index (χ2v) is 9.89. The summed E-state index contributed by atoms with van der Waals surface area (Å²) in [5.74, 6) is -0.734. The van der Waals surface area contributed by atoms with Crippen LogP contribution in [0.1, 0.15) is 31.2 Å². The predicted octanol–water partition coefficient (Wildman–Crippen LogP) is 4.38. The van der Waals surface area contributed by atoms with Gasteiger partial charge < -0.3 is 15.2 Å². The molecular weight excluding hydrogens is 440 g/mol. The molecular formula is C25H28N2O5S. The lowest BCUT2D eigenvalue weighted by Gasteiger charge is -2.17. The molecule has 2 N–H and O–H groups in total. The van der Waals surface area contributed by atoms with Crippen molar-refractivity contribution in [2.75, 3.05) is 17.7 Å². The summed E-state index contributed by atoms with van der Waals surface area (Å²) in [6.07, 6.45) is 2.15. The molecule has 0 bridgehead atoms. The monoisotopic (exact) mass is 468 g/mol. The number of rotatable bonds is 12. The first-order chi connectivity index (χ1) is 15.8. The van der Waals surface area contributed by atoms with E-state index in [2.05, 4.69) is 10.3 Å². The zero-order valence-corrected chi connectivity index (χ0v) is 19.2. The number of hydrogen-bond acceptors (Lipinski definition) is 6. The fourth-order valence-electron chi connectivity index (χ4n) is 3.45. The summed E-state index contributed by atoms with van der Waals surface area (Å²) in [5.41, 5.74) is 0.685. The average molecular weight is 469 g/mol. The van der Waals surface area contributed by atoms with E-state index in [-0.39, 0.29) is 23.1 Å². The van der Waals surface area contributed by atoms with Crippen molar-refractivity contribution in [1.29, 1.82) is 0 Å². The summed E-state index contributed by atoms with van der Waals surface area (Å²) in [5, 5.41) is 12.5. The van der Waals surface area contributed by atoms with Crippen molar-refractivity contribution in [3.63, 3.8) is 0 Å². The summed E-state index contributed by atoms with van der Waals surface area (Å²) >= 11 is 0. The van der Waals surface area contributed by atoms with E-state index >= 15 is 0 Å². The Balaban J connectivity index is 1.62. The van der Waals surface area contributed by atoms with Crippen LogP contribution in [0.5, 0.6) is 5.75 Å². The first kappa shape index (κ1) is 24.3. The number of pyridine rings is 1. The molecule has 0 aliphatic heterocycles. The molecule has 3 rings (SSSR count). The van der Waals surface area contributed by atoms with Gasteiger partial charge in [0.15, 0.2) is 9.84 Å². The maximum Gasteiger partial charge on any atom is 0.303 e. The molecule has 2 atom stereocenters. The second-order valence-electron chi connectivity index (χ2n) is 7.86. The first-order valence-corrected chi connectivity index (χ1v) is 12.4. The number of nitrogens with zero attached hydrogens (tertiary/aromatic N) is 1. The van der Waals surface area contributed by atoms with Crippen molar-refractivity contribution in [2.45, 2.75) is 36.6 Å². The highest BCUT2D eigenvalue weighted by Gasteiger charge is 2.25. The predicted molar refractivity (Wildman–Crippen MR) is 127 cm³/mol. The largest absolute Gasteiger partial charge is 0.493 e. The molecule has 0 amide bonds. The minimum absolute atomic E-state index is 0.117. The number of nitrogens with one attached hydrogen (secondary N) is 1. The van der Waals surface area contributed by atoms with Crippen molar-refractivity contribution in [1.82, 2.24) is 4.98 Å². The van der Waals surface area contributed by atoms with Crippen LogP contribution in [0.3, 0.4) is 0 Å². The summed E-state index contributed by atoms with van der Waals surface area (Å²) in [6.45, 7) is 2.42. The third kappa shape index (κ3) is 7.61. The molecule has 3 aromatic rings. The van der Waals surface area contributed by atoms with Crippen molar-refractivity contribution >= 4 is 21.6 Å². The van der Waals surface area contributed by atoms with Gasteiger partial charge in [-0.15, -0.1) is 0 Å². The molecule has 33 heavy (non-hydrogen) atoms. The van der Waals surface area contributed by atoms with Crippen LogP contribution in [-0.4, -0.2) is 42.9 Å². The topological polar surface area (TPSA) is 106 Å². The third-order valence-electron chi connectivity index (χ3n) is 5.16. The number of benzene rings is 2. The highest BCUT2D eigenvalue weighted by Crippen LogP contribution is 2.27. The van der Waals surface area contributed by atoms with E-state index < -0.39 is 21.7 Å². The Morgan fingerprint density at radius 3 is 2.52 bits per heavy atom. The molecule has 174 valence electrons. The van der Waals surface area contributed by atoms with Crippen LogP contribution in [0.2, 0.25) is 0 Å². The van der Waals surface area contributed by atoms with E-state index in [4.69, 9.17) is 4.74 Å². The lowest BCUT2D eigenvalue weighted by atomic mass is 9.98. The zero-order chi connectivity index (χ0) is 23.7. The smallest absolute Gasteiger partial charge is 0.303 e. The molecule has 7 nitrogen and oxygen atoms in total. The molecule has 0 aliphatic carbocycles. The summed E-state index contributed by atoms with van der Waals surface area (Å²) in [6, 6.07) is 21.0. The van der Waals surface area contributed by atoms with Crippen LogP contribution in [0.4, 0.5) is 5.82 Å². The standard InChI is InChI=1S/C25H28N2O5S/c1-19(27-24-12-5-6-14-26-24)13-15-32-22-10-7-11-23(17-22)33(30,31)18-21(16-25(28)29)20-8-3-2-4-9-20/h2-12,14,17,19,21H,13,15-16,18H2,1H3,(H,26,27)(H,28,29). The molecule has 0 aliphatic rings. The van der Waals surface area contributed by atoms with Crippen LogP contribution in [0.15, 0.2) is 83.9 Å². The Labute approximate surface area is 194 Å². The molecule has 2 unspecified atom stereocenters. The van der Waals surface area contributed by atoms with Crippen molar-refractivity contribution in [3.05, 3.63) is 84.6 Å². The SMILES string of the molecule is CC(CCOc1cccc(S(=O)(=O)CC(CC(=O)O)c2ccccc2)c1)Nc1ccccn1. The Hall–Kier alpha value is -3.39. The van der Waals surface area contributed by atoms with Crippen molar-refractivity contribution < 1.29 is 23.1 Å². The van der Waals surface area contributed by atoms with E-state index in [1.807, 2.05) is 31.2 Å². The number of sulfone groups is 1. The lowest BCUT2D eigenvalue weighted by molar-refractivity contribution is -0.137. The van der Waals surface area contributed by atoms with E-state index in [1.54, 1.807) is 42.6 Å². The highest BCUT2D eigenvalue weighted by atomic mass is 32.2. The summed E-state index contributed by atoms with van der Waals surface area (Å²) in [7, 11) is -3.72. The third-order valence-corrected chi connectivity index (χ3v) is 6.97. The molecule has 0 saturated carbocycles. The Bertz CT molecular complexity index is 1140. The minimum Gasteiger partial charge on any atom is -0.493 e. The van der Waals surface area contributed by atoms with Crippen LogP contribution < -0.4 is 10.1 Å². The van der Waals surface area contributed by atoms with Gasteiger partial charge in [0.05, 0.1) is 23.7 Å². The van der Waals surface area contributed by atoms with Gasteiger partial charge in [-0.1, -0.05) is 42.5 Å². The van der Waals surface area contributed by atoms with Gasteiger partial charge in [0.1, 0.15) is 11.6 Å². The molecule has 8 heteroatoms. The van der Waals surface area contributed by atoms with Gasteiger partial charge in [-0.05, 0) is 42.8 Å². The van der Waals surface area contributed by atoms with Gasteiger partial charge in [-0.2, -0.15) is 0 Å². The highest BCUT2D eigenvalue weighted by molar-refractivity contribution is 7.91. The van der Waals surface area contributed by atoms with Crippen molar-refractivity contribution in [3.8, 4) is 5.75 Å². The molecule has 0 saturated heterocycles. The Morgan fingerprint density at radius 2 is 1.82 bits per heavy atom. The number of anilines is 1. The van der Waals surface area contributed by atoms with Gasteiger partial charge in [0.2, 0.25) is 0 Å². The van der Waals surface area contributed by atoms with Crippen LogP contribution in [-0.2, 0) is 14.6 Å². The molecule has 0 spiro atoms. The Kier molecular flexibility index (Phi) is 8.43. The van der Waals surface area contributed by atoms with E-state index in [1.165, 1.54) is 12.1 Å². The summed E-state index contributed by atoms with van der Waals surface area (Å²) < 4.78 is 31.9. The fourth-order valence-corrected chi connectivity index (χ4v) is 5.07. The lowest BCUT2D eigenvalue weighted by Crippen LogP contribution is -2.19. The second kappa shape index (κ2) is 11.5. The molecule has 1 aromatic heterocycles. The number of aromatic nitrogens is 1. The number of hydrogen-bond donors (Lipinski definition) is 2. The number of carboxylic acid groups (broad SMARTS) is 1. The van der Waals surface area contributed by atoms with E-state index in [0.29, 0.717) is 24.3 Å². The minimum atomic E-state index is -3.72. The summed E-state index contributed by atoms with van der Waals surface area (Å²) in [4.78, 5) is 15.7. The zero-order valence-electron chi connectivity index (χ0n) is 18.4. The van der Waals surface area contributed by atoms with E-state index in [9.17, 15) is 18.3 Å². The molecule has 1 heterocycles. The van der Waals surface area contributed by atoms with Crippen molar-refractivity contribution in [2.24, 2.45) is 0 Å². The van der Waals surface area contributed by atoms with Gasteiger partial charge in [0.25, 0.3) is 0 Å². The fraction of sp³-hybridized carbons (Fsp3) is 0.280. The van der Waals surface area contributed by atoms with E-state index in [0.717, 1.165) is 5.82 Å². The first-order valence-electron chi connectivity index (χ1n) is 10.7. The van der Waals surface area contributed by atoms with Crippen LogP contribution >= 0.6 is 0 Å². The molecule has 2 aromatic carbocycles. The number of aliphatic carboxylic acids is 1. The van der Waals surface area contributed by atoms with Crippen LogP contribution in [0.25, 0.3) is 0 Å². The van der Waals surface area contributed by atoms with Gasteiger partial charge in [-0.3, -0.25) is 4.79 Å². The quantitative estimate of drug-likeness (QED) is 0.406. The van der Waals surface area contributed by atoms with Gasteiger partial charge in [0, 0.05) is 24.6 Å². The average Bonchev–Trinajstić information content (AvgIpc) is 2.80. The number of carbonyl (C=O) groups is 1. The maximum absolute atomic E-state index is 13.1. The van der Waals surface area contributed by atoms with Gasteiger partial charge in [-0.25, -0.2) is 13.4 Å². The number of carboxylic acids is 1. The van der Waals surface area contributed by atoms with Gasteiger partial charge >= 0.3 is 5.97 Å². The normalized spacial score (nSPS) is 13.1. The molecule has 0 fully saturated rings. The van der Waals surface area contributed by atoms with Crippen LogP contribution in [0, 0.1) is 0 Å². The molecule has 0 radical (unpaired) electrons. The number of ether oxygens (including phenoxy) is 1. The Morgan fingerprint density at radius 1 is 1.06 bits per heavy atom.